The van der Waals surface area contributed by atoms with Crippen molar-refractivity contribution in [2.24, 2.45) is 0 Å². The molecule has 0 fully saturated rings. The molecular weight excluding hydrogens is 216 g/mol. The molecule has 0 saturated carbocycles. The number of carbonyl (C=O) groups is 1. The fraction of sp³-hybridized carbons (Fsp3) is 0.500. The van der Waals surface area contributed by atoms with E-state index in [9.17, 15) is 4.79 Å². The summed E-state index contributed by atoms with van der Waals surface area (Å²) in [7, 11) is 1.70. The quantitative estimate of drug-likeness (QED) is 0.683. The molecule has 0 aromatic heterocycles. The van der Waals surface area contributed by atoms with Gasteiger partial charge in [-0.1, -0.05) is 30.3 Å². The molecule has 1 aromatic carbocycles. The Hall–Kier alpha value is -1.35. The Kier molecular flexibility index (Phi) is 6.33. The minimum atomic E-state index is -0.233. The number of benzene rings is 1. The average Bonchev–Trinajstić information content (AvgIpc) is 2.34. The Morgan fingerprint density at radius 2 is 1.94 bits per heavy atom. The van der Waals surface area contributed by atoms with Crippen molar-refractivity contribution in [2.45, 2.75) is 32.3 Å². The molecule has 3 nitrogen and oxygen atoms in total. The SMILES string of the molecule is COC(CCOC(C)=O)CCc1ccccc1. The van der Waals surface area contributed by atoms with E-state index in [0.717, 1.165) is 19.3 Å². The van der Waals surface area contributed by atoms with Crippen LogP contribution in [0.3, 0.4) is 0 Å². The zero-order chi connectivity index (χ0) is 12.5. The summed E-state index contributed by atoms with van der Waals surface area (Å²) >= 11 is 0. The summed E-state index contributed by atoms with van der Waals surface area (Å²) in [5.74, 6) is -0.233. The van der Waals surface area contributed by atoms with Crippen LogP contribution in [0, 0.1) is 0 Å². The maximum absolute atomic E-state index is 10.6. The van der Waals surface area contributed by atoms with E-state index < -0.39 is 0 Å². The van der Waals surface area contributed by atoms with Crippen LogP contribution in [0.2, 0.25) is 0 Å². The molecule has 3 heteroatoms. The standard InChI is InChI=1S/C14H20O3/c1-12(15)17-11-10-14(16-2)9-8-13-6-4-3-5-7-13/h3-7,14H,8-11H2,1-2H3. The van der Waals surface area contributed by atoms with Crippen molar-refractivity contribution in [3.8, 4) is 0 Å². The third-order valence-corrected chi connectivity index (χ3v) is 2.68. The average molecular weight is 236 g/mol. The summed E-state index contributed by atoms with van der Waals surface area (Å²) < 4.78 is 10.3. The van der Waals surface area contributed by atoms with Crippen molar-refractivity contribution < 1.29 is 14.3 Å². The van der Waals surface area contributed by atoms with Crippen LogP contribution in [-0.4, -0.2) is 25.8 Å². The highest BCUT2D eigenvalue weighted by Crippen LogP contribution is 2.09. The molecular formula is C14H20O3. The highest BCUT2D eigenvalue weighted by atomic mass is 16.5. The van der Waals surface area contributed by atoms with E-state index in [0.29, 0.717) is 6.61 Å². The van der Waals surface area contributed by atoms with Gasteiger partial charge in [0.2, 0.25) is 0 Å². The molecule has 17 heavy (non-hydrogen) atoms. The smallest absolute Gasteiger partial charge is 0.302 e. The molecule has 94 valence electrons. The van der Waals surface area contributed by atoms with E-state index >= 15 is 0 Å². The third kappa shape index (κ3) is 6.07. The van der Waals surface area contributed by atoms with Crippen molar-refractivity contribution in [3.05, 3.63) is 35.9 Å². The lowest BCUT2D eigenvalue weighted by atomic mass is 10.1. The Morgan fingerprint density at radius 3 is 2.53 bits per heavy atom. The topological polar surface area (TPSA) is 35.5 Å². The number of methoxy groups -OCH3 is 1. The summed E-state index contributed by atoms with van der Waals surface area (Å²) in [6.45, 7) is 1.86. The van der Waals surface area contributed by atoms with Gasteiger partial charge >= 0.3 is 5.97 Å². The zero-order valence-corrected chi connectivity index (χ0v) is 10.5. The first-order chi connectivity index (χ1) is 8.22. The molecule has 0 bridgehead atoms. The molecule has 1 rings (SSSR count). The second-order valence-corrected chi connectivity index (χ2v) is 4.01. The minimum absolute atomic E-state index is 0.148. The van der Waals surface area contributed by atoms with E-state index in [1.807, 2.05) is 18.2 Å². The Balaban J connectivity index is 2.25. The van der Waals surface area contributed by atoms with Gasteiger partial charge in [-0.3, -0.25) is 4.79 Å². The first kappa shape index (κ1) is 13.7. The van der Waals surface area contributed by atoms with Gasteiger partial charge in [0.15, 0.2) is 0 Å². The van der Waals surface area contributed by atoms with Gasteiger partial charge in [-0.15, -0.1) is 0 Å². The largest absolute Gasteiger partial charge is 0.466 e. The van der Waals surface area contributed by atoms with E-state index in [1.165, 1.54) is 12.5 Å². The lowest BCUT2D eigenvalue weighted by Gasteiger charge is -2.14. The number of aryl methyl sites for hydroxylation is 1. The first-order valence-electron chi connectivity index (χ1n) is 5.92. The molecule has 0 aliphatic carbocycles. The molecule has 0 N–H and O–H groups in total. The maximum atomic E-state index is 10.6. The molecule has 0 aliphatic heterocycles. The number of hydrogen-bond donors (Lipinski definition) is 0. The molecule has 1 aromatic rings. The van der Waals surface area contributed by atoms with Crippen LogP contribution in [0.1, 0.15) is 25.3 Å². The second kappa shape index (κ2) is 7.85. The van der Waals surface area contributed by atoms with Crippen molar-refractivity contribution in [1.29, 1.82) is 0 Å². The van der Waals surface area contributed by atoms with Crippen LogP contribution in [0.25, 0.3) is 0 Å². The van der Waals surface area contributed by atoms with Crippen molar-refractivity contribution in [2.75, 3.05) is 13.7 Å². The van der Waals surface area contributed by atoms with Crippen molar-refractivity contribution in [1.82, 2.24) is 0 Å². The van der Waals surface area contributed by atoms with Crippen molar-refractivity contribution in [3.63, 3.8) is 0 Å². The molecule has 1 atom stereocenters. The lowest BCUT2D eigenvalue weighted by molar-refractivity contribution is -0.141. The molecule has 0 spiro atoms. The molecule has 0 saturated heterocycles. The lowest BCUT2D eigenvalue weighted by Crippen LogP contribution is -2.15. The number of esters is 1. The summed E-state index contributed by atoms with van der Waals surface area (Å²) in [5.41, 5.74) is 1.31. The Labute approximate surface area is 103 Å². The Bertz CT molecular complexity index is 321. The fourth-order valence-corrected chi connectivity index (χ4v) is 1.69. The van der Waals surface area contributed by atoms with Gasteiger partial charge in [-0.25, -0.2) is 0 Å². The maximum Gasteiger partial charge on any atom is 0.302 e. The second-order valence-electron chi connectivity index (χ2n) is 4.01. The van der Waals surface area contributed by atoms with E-state index in [4.69, 9.17) is 9.47 Å². The third-order valence-electron chi connectivity index (χ3n) is 2.68. The van der Waals surface area contributed by atoms with E-state index in [-0.39, 0.29) is 12.1 Å². The van der Waals surface area contributed by atoms with Crippen LogP contribution in [0.4, 0.5) is 0 Å². The molecule has 0 aliphatic rings. The number of carbonyl (C=O) groups excluding carboxylic acids is 1. The van der Waals surface area contributed by atoms with Crippen molar-refractivity contribution >= 4 is 5.97 Å². The van der Waals surface area contributed by atoms with Crippen LogP contribution < -0.4 is 0 Å². The zero-order valence-electron chi connectivity index (χ0n) is 10.5. The molecule has 0 amide bonds. The monoisotopic (exact) mass is 236 g/mol. The van der Waals surface area contributed by atoms with Gasteiger partial charge in [0, 0.05) is 20.5 Å². The van der Waals surface area contributed by atoms with Crippen LogP contribution >= 0.6 is 0 Å². The van der Waals surface area contributed by atoms with Gasteiger partial charge in [0.05, 0.1) is 12.7 Å². The van der Waals surface area contributed by atoms with Gasteiger partial charge in [-0.05, 0) is 18.4 Å². The summed E-state index contributed by atoms with van der Waals surface area (Å²) in [6, 6.07) is 10.3. The minimum Gasteiger partial charge on any atom is -0.466 e. The highest BCUT2D eigenvalue weighted by Gasteiger charge is 2.08. The predicted octanol–water partition coefficient (Wildman–Crippen LogP) is 2.59. The highest BCUT2D eigenvalue weighted by molar-refractivity contribution is 5.65. The van der Waals surface area contributed by atoms with E-state index in [2.05, 4.69) is 12.1 Å². The predicted molar refractivity (Wildman–Crippen MR) is 66.8 cm³/mol. The normalized spacial score (nSPS) is 12.1. The number of hydrogen-bond acceptors (Lipinski definition) is 3. The van der Waals surface area contributed by atoms with Crippen LogP contribution in [-0.2, 0) is 20.7 Å². The van der Waals surface area contributed by atoms with Gasteiger partial charge in [0.25, 0.3) is 0 Å². The van der Waals surface area contributed by atoms with Gasteiger partial charge in [0.1, 0.15) is 0 Å². The summed E-state index contributed by atoms with van der Waals surface area (Å²) in [6.07, 6.45) is 2.83. The molecule has 0 heterocycles. The molecule has 1 unspecified atom stereocenters. The van der Waals surface area contributed by atoms with Gasteiger partial charge in [-0.2, -0.15) is 0 Å². The summed E-state index contributed by atoms with van der Waals surface area (Å²) in [4.78, 5) is 10.6. The first-order valence-corrected chi connectivity index (χ1v) is 5.92. The van der Waals surface area contributed by atoms with Gasteiger partial charge < -0.3 is 9.47 Å². The fourth-order valence-electron chi connectivity index (χ4n) is 1.69. The van der Waals surface area contributed by atoms with Crippen LogP contribution in [0.5, 0.6) is 0 Å². The molecule has 0 radical (unpaired) electrons. The number of ether oxygens (including phenoxy) is 2. The summed E-state index contributed by atoms with van der Waals surface area (Å²) in [5, 5.41) is 0. The van der Waals surface area contributed by atoms with Crippen LogP contribution in [0.15, 0.2) is 30.3 Å². The Morgan fingerprint density at radius 1 is 1.24 bits per heavy atom. The number of rotatable bonds is 7. The van der Waals surface area contributed by atoms with E-state index in [1.54, 1.807) is 7.11 Å².